The Morgan fingerprint density at radius 2 is 2.00 bits per heavy atom. The second kappa shape index (κ2) is 7.30. The Bertz CT molecular complexity index is 318. The van der Waals surface area contributed by atoms with Gasteiger partial charge in [0.2, 0.25) is 0 Å². The summed E-state index contributed by atoms with van der Waals surface area (Å²) in [5.74, 6) is -1.02. The van der Waals surface area contributed by atoms with Crippen LogP contribution in [-0.4, -0.2) is 66.8 Å². The molecule has 0 aromatic rings. The highest BCUT2D eigenvalue weighted by molar-refractivity contribution is 5.85. The topological polar surface area (TPSA) is 93.7 Å². The molecule has 7 heteroatoms. The zero-order chi connectivity index (χ0) is 14.3. The van der Waals surface area contributed by atoms with Crippen molar-refractivity contribution in [3.8, 4) is 0 Å². The molecule has 0 aromatic carbocycles. The van der Waals surface area contributed by atoms with Crippen LogP contribution in [0.5, 0.6) is 0 Å². The highest BCUT2D eigenvalue weighted by Gasteiger charge is 2.32. The molecule has 0 radical (unpaired) electrons. The lowest BCUT2D eigenvalue weighted by molar-refractivity contribution is -0.143. The fraction of sp³-hybridized carbons (Fsp3) is 0.833. The molecule has 7 nitrogen and oxygen atoms in total. The van der Waals surface area contributed by atoms with E-state index in [-0.39, 0.29) is 0 Å². The molecule has 0 aliphatic carbocycles. The molecule has 4 N–H and O–H groups in total. The number of carbonyl (C=O) groups excluding carboxylic acids is 1. The Morgan fingerprint density at radius 3 is 2.53 bits per heavy atom. The monoisotopic (exact) mass is 272 g/mol. The molecule has 1 fully saturated rings. The van der Waals surface area contributed by atoms with Crippen LogP contribution < -0.4 is 16.0 Å². The number of nitrogens with zero attached hydrogens (tertiary/aromatic N) is 1. The minimum Gasteiger partial charge on any atom is -0.480 e. The van der Waals surface area contributed by atoms with Crippen LogP contribution >= 0.6 is 0 Å². The molecule has 1 aliphatic heterocycles. The Balaban J connectivity index is 2.25. The number of piperazine rings is 1. The summed E-state index contributed by atoms with van der Waals surface area (Å²) in [7, 11) is 0. The van der Waals surface area contributed by atoms with E-state index >= 15 is 0 Å². The summed E-state index contributed by atoms with van der Waals surface area (Å²) in [6.07, 6.45) is 0.341. The number of rotatable bonds is 6. The predicted octanol–water partition coefficient (Wildman–Crippen LogP) is -0.556. The van der Waals surface area contributed by atoms with Crippen molar-refractivity contribution in [3.63, 3.8) is 0 Å². The summed E-state index contributed by atoms with van der Waals surface area (Å²) in [6, 6.07) is -0.429. The lowest BCUT2D eigenvalue weighted by Crippen LogP contribution is -2.55. The first-order valence-corrected chi connectivity index (χ1v) is 6.70. The minimum absolute atomic E-state index is 0.341. The van der Waals surface area contributed by atoms with Crippen molar-refractivity contribution in [1.29, 1.82) is 0 Å². The Morgan fingerprint density at radius 1 is 1.37 bits per heavy atom. The third kappa shape index (κ3) is 5.04. The van der Waals surface area contributed by atoms with Crippen molar-refractivity contribution in [2.24, 2.45) is 0 Å². The van der Waals surface area contributed by atoms with Gasteiger partial charge in [0.1, 0.15) is 5.54 Å². The lowest BCUT2D eigenvalue weighted by atomic mass is 10.00. The van der Waals surface area contributed by atoms with Crippen LogP contribution in [0.3, 0.4) is 0 Å². The number of aliphatic carboxylic acids is 1. The Hall–Kier alpha value is -1.34. The molecule has 1 unspecified atom stereocenters. The van der Waals surface area contributed by atoms with E-state index in [1.54, 1.807) is 6.92 Å². The van der Waals surface area contributed by atoms with E-state index in [9.17, 15) is 9.59 Å². The standard InChI is InChI=1S/C12H24N4O3/c1-3-12(2,10(17)18)15-11(19)14-6-9-16-7-4-13-5-8-16/h13H,3-9H2,1-2H3,(H,17,18)(H2,14,15,19). The summed E-state index contributed by atoms with van der Waals surface area (Å²) < 4.78 is 0. The van der Waals surface area contributed by atoms with Crippen LogP contribution in [0.25, 0.3) is 0 Å². The third-order valence-corrected chi connectivity index (χ3v) is 3.49. The van der Waals surface area contributed by atoms with Gasteiger partial charge in [0.05, 0.1) is 0 Å². The fourth-order valence-corrected chi connectivity index (χ4v) is 1.85. The normalized spacial score (nSPS) is 19.5. The Kier molecular flexibility index (Phi) is 6.04. The summed E-state index contributed by atoms with van der Waals surface area (Å²) in [6.45, 7) is 8.44. The van der Waals surface area contributed by atoms with E-state index in [1.807, 2.05) is 0 Å². The van der Waals surface area contributed by atoms with E-state index in [4.69, 9.17) is 5.11 Å². The molecule has 0 aromatic heterocycles. The first kappa shape index (κ1) is 15.7. The van der Waals surface area contributed by atoms with Gasteiger partial charge in [-0.1, -0.05) is 6.92 Å². The van der Waals surface area contributed by atoms with Gasteiger partial charge in [0.25, 0.3) is 0 Å². The number of carbonyl (C=O) groups is 2. The third-order valence-electron chi connectivity index (χ3n) is 3.49. The van der Waals surface area contributed by atoms with Crippen LogP contribution in [-0.2, 0) is 4.79 Å². The molecule has 1 saturated heterocycles. The van der Waals surface area contributed by atoms with Crippen LogP contribution in [0, 0.1) is 0 Å². The van der Waals surface area contributed by atoms with E-state index in [0.717, 1.165) is 32.7 Å². The second-order valence-electron chi connectivity index (χ2n) is 4.96. The number of nitrogens with one attached hydrogen (secondary N) is 3. The number of carboxylic acids is 1. The molecule has 0 spiro atoms. The summed E-state index contributed by atoms with van der Waals surface area (Å²) >= 11 is 0. The van der Waals surface area contributed by atoms with Crippen molar-refractivity contribution >= 4 is 12.0 Å². The summed E-state index contributed by atoms with van der Waals surface area (Å²) in [5, 5.41) is 17.5. The van der Waals surface area contributed by atoms with Gasteiger partial charge in [-0.25, -0.2) is 9.59 Å². The maximum Gasteiger partial charge on any atom is 0.329 e. The molecule has 1 heterocycles. The minimum atomic E-state index is -1.21. The van der Waals surface area contributed by atoms with Crippen LogP contribution in [0.15, 0.2) is 0 Å². The van der Waals surface area contributed by atoms with Crippen LogP contribution in [0.4, 0.5) is 4.79 Å². The van der Waals surface area contributed by atoms with Crippen LogP contribution in [0.1, 0.15) is 20.3 Å². The average molecular weight is 272 g/mol. The van der Waals surface area contributed by atoms with Gasteiger partial charge in [0, 0.05) is 39.3 Å². The van der Waals surface area contributed by atoms with Gasteiger partial charge in [-0.3, -0.25) is 4.90 Å². The smallest absolute Gasteiger partial charge is 0.329 e. The molecule has 2 amide bonds. The molecule has 0 saturated carbocycles. The summed E-state index contributed by atoms with van der Waals surface area (Å²) in [5.41, 5.74) is -1.21. The molecule has 1 atom stereocenters. The Labute approximate surface area is 113 Å². The maximum atomic E-state index is 11.6. The first-order valence-electron chi connectivity index (χ1n) is 6.70. The van der Waals surface area contributed by atoms with Gasteiger partial charge in [-0.05, 0) is 13.3 Å². The zero-order valence-electron chi connectivity index (χ0n) is 11.7. The molecule has 1 rings (SSSR count). The SMILES string of the molecule is CCC(C)(NC(=O)NCCN1CCNCC1)C(=O)O. The number of hydrogen-bond donors (Lipinski definition) is 4. The number of amides is 2. The molecular formula is C12H24N4O3. The zero-order valence-corrected chi connectivity index (χ0v) is 11.7. The molecule has 1 aliphatic rings. The maximum absolute atomic E-state index is 11.6. The van der Waals surface area contributed by atoms with Gasteiger partial charge < -0.3 is 21.1 Å². The van der Waals surface area contributed by atoms with Crippen molar-refractivity contribution in [1.82, 2.24) is 20.9 Å². The number of carboxylic acid groups (broad SMARTS) is 1. The summed E-state index contributed by atoms with van der Waals surface area (Å²) in [4.78, 5) is 25.0. The van der Waals surface area contributed by atoms with E-state index in [1.165, 1.54) is 6.92 Å². The van der Waals surface area contributed by atoms with Crippen molar-refractivity contribution < 1.29 is 14.7 Å². The van der Waals surface area contributed by atoms with E-state index in [2.05, 4.69) is 20.9 Å². The average Bonchev–Trinajstić information content (AvgIpc) is 2.39. The molecule has 110 valence electrons. The number of urea groups is 1. The number of hydrogen-bond acceptors (Lipinski definition) is 4. The van der Waals surface area contributed by atoms with Gasteiger partial charge in [0.15, 0.2) is 0 Å². The molecular weight excluding hydrogens is 248 g/mol. The quantitative estimate of drug-likeness (QED) is 0.520. The molecule has 0 bridgehead atoms. The van der Waals surface area contributed by atoms with E-state index in [0.29, 0.717) is 13.0 Å². The van der Waals surface area contributed by atoms with Gasteiger partial charge >= 0.3 is 12.0 Å². The van der Waals surface area contributed by atoms with Crippen LogP contribution in [0.2, 0.25) is 0 Å². The first-order chi connectivity index (χ1) is 8.98. The van der Waals surface area contributed by atoms with Crippen molar-refractivity contribution in [2.45, 2.75) is 25.8 Å². The second-order valence-corrected chi connectivity index (χ2v) is 4.96. The van der Waals surface area contributed by atoms with Gasteiger partial charge in [-0.2, -0.15) is 0 Å². The lowest BCUT2D eigenvalue weighted by Gasteiger charge is -2.28. The largest absolute Gasteiger partial charge is 0.480 e. The van der Waals surface area contributed by atoms with Crippen molar-refractivity contribution in [2.75, 3.05) is 39.3 Å². The molecule has 19 heavy (non-hydrogen) atoms. The van der Waals surface area contributed by atoms with Crippen molar-refractivity contribution in [3.05, 3.63) is 0 Å². The highest BCUT2D eigenvalue weighted by atomic mass is 16.4. The van der Waals surface area contributed by atoms with Gasteiger partial charge in [-0.15, -0.1) is 0 Å². The highest BCUT2D eigenvalue weighted by Crippen LogP contribution is 2.08. The van der Waals surface area contributed by atoms with E-state index < -0.39 is 17.5 Å². The fourth-order valence-electron chi connectivity index (χ4n) is 1.85. The predicted molar refractivity (Wildman–Crippen MR) is 72.2 cm³/mol.